The third-order valence-corrected chi connectivity index (χ3v) is 9.84. The van der Waals surface area contributed by atoms with Crippen LogP contribution in [-0.4, -0.2) is 57.3 Å². The lowest BCUT2D eigenvalue weighted by molar-refractivity contribution is 0.189. The molecule has 0 spiro atoms. The first-order chi connectivity index (χ1) is 24.5. The molecule has 270 valence electrons. The van der Waals surface area contributed by atoms with E-state index in [0.29, 0.717) is 28.6 Å². The number of pyridine rings is 1. The fraction of sp³-hybridized carbons (Fsp3) is 0.229. The number of carbonyl (C=O) groups is 1. The van der Waals surface area contributed by atoms with Gasteiger partial charge in [0.2, 0.25) is 10.0 Å². The zero-order chi connectivity index (χ0) is 37.6. The van der Waals surface area contributed by atoms with Gasteiger partial charge in [-0.05, 0) is 73.0 Å². The SMILES string of the molecule is COc1ccc(CN(c2nn(C)c3c(-n4c([C@H](Cc5cc(F)cc(F)c5)NC(=O)O)nc5nc(C)cc(C)c5c4=O)ccc(Cl)c23)S(C)(=O)=O)cc1. The Morgan fingerprint density at radius 2 is 1.69 bits per heavy atom. The predicted octanol–water partition coefficient (Wildman–Crippen LogP) is 5.74. The maximum absolute atomic E-state index is 14.7. The third-order valence-electron chi connectivity index (χ3n) is 8.42. The smallest absolute Gasteiger partial charge is 0.405 e. The Morgan fingerprint density at radius 3 is 2.31 bits per heavy atom. The van der Waals surface area contributed by atoms with E-state index in [1.54, 1.807) is 44.2 Å². The highest BCUT2D eigenvalue weighted by atomic mass is 35.5. The average Bonchev–Trinajstić information content (AvgIpc) is 3.39. The summed E-state index contributed by atoms with van der Waals surface area (Å²) in [6.45, 7) is 3.29. The van der Waals surface area contributed by atoms with Crippen molar-refractivity contribution in [1.82, 2.24) is 29.6 Å². The number of hydrogen-bond acceptors (Lipinski definition) is 8. The van der Waals surface area contributed by atoms with Gasteiger partial charge in [0.15, 0.2) is 11.5 Å². The Morgan fingerprint density at radius 1 is 1.02 bits per heavy atom. The summed E-state index contributed by atoms with van der Waals surface area (Å²) >= 11 is 6.79. The molecule has 0 unspecified atom stereocenters. The van der Waals surface area contributed by atoms with Gasteiger partial charge in [-0.1, -0.05) is 23.7 Å². The van der Waals surface area contributed by atoms with Crippen molar-refractivity contribution >= 4 is 55.5 Å². The second-order valence-electron chi connectivity index (χ2n) is 12.2. The zero-order valence-electron chi connectivity index (χ0n) is 28.5. The summed E-state index contributed by atoms with van der Waals surface area (Å²) in [7, 11) is -0.933. The van der Waals surface area contributed by atoms with Crippen molar-refractivity contribution in [2.45, 2.75) is 32.9 Å². The normalized spacial score (nSPS) is 12.3. The molecule has 0 aliphatic carbocycles. The van der Waals surface area contributed by atoms with Crippen molar-refractivity contribution < 1.29 is 31.8 Å². The number of fused-ring (bicyclic) bond motifs is 2. The van der Waals surface area contributed by atoms with Gasteiger partial charge in [-0.25, -0.2) is 36.3 Å². The molecule has 6 aromatic rings. The van der Waals surface area contributed by atoms with Crippen LogP contribution in [0.4, 0.5) is 19.4 Å². The highest BCUT2D eigenvalue weighted by Crippen LogP contribution is 2.38. The van der Waals surface area contributed by atoms with Crippen LogP contribution < -0.4 is 19.9 Å². The van der Waals surface area contributed by atoms with Crippen LogP contribution in [0.1, 0.15) is 34.3 Å². The maximum atomic E-state index is 14.7. The molecule has 2 N–H and O–H groups in total. The van der Waals surface area contributed by atoms with Crippen molar-refractivity contribution in [2.75, 3.05) is 17.7 Å². The number of amides is 1. The molecule has 3 aromatic carbocycles. The molecular weight excluding hydrogens is 720 g/mol. The minimum Gasteiger partial charge on any atom is -0.497 e. The summed E-state index contributed by atoms with van der Waals surface area (Å²) in [6.07, 6.45) is -0.789. The van der Waals surface area contributed by atoms with Crippen molar-refractivity contribution in [3.63, 3.8) is 0 Å². The van der Waals surface area contributed by atoms with E-state index in [9.17, 15) is 31.9 Å². The number of aromatic nitrogens is 5. The van der Waals surface area contributed by atoms with Crippen LogP contribution >= 0.6 is 11.6 Å². The number of carboxylic acid groups (broad SMARTS) is 1. The predicted molar refractivity (Wildman–Crippen MR) is 192 cm³/mol. The third kappa shape index (κ3) is 6.98. The van der Waals surface area contributed by atoms with E-state index in [1.165, 1.54) is 35.5 Å². The average molecular weight is 752 g/mol. The van der Waals surface area contributed by atoms with Crippen LogP contribution in [0.2, 0.25) is 5.02 Å². The van der Waals surface area contributed by atoms with Gasteiger partial charge in [0.05, 0.1) is 53.0 Å². The fourth-order valence-corrected chi connectivity index (χ4v) is 7.33. The largest absolute Gasteiger partial charge is 0.497 e. The number of halogens is 3. The number of methoxy groups -OCH3 is 1. The minimum atomic E-state index is -3.99. The fourth-order valence-electron chi connectivity index (χ4n) is 6.26. The maximum Gasteiger partial charge on any atom is 0.405 e. The van der Waals surface area contributed by atoms with E-state index in [2.05, 4.69) is 15.4 Å². The summed E-state index contributed by atoms with van der Waals surface area (Å²) in [5, 5.41) is 17.2. The zero-order valence-corrected chi connectivity index (χ0v) is 30.1. The molecule has 0 bridgehead atoms. The summed E-state index contributed by atoms with van der Waals surface area (Å²) in [4.78, 5) is 36.0. The molecule has 0 fully saturated rings. The molecule has 0 saturated heterocycles. The first-order valence-corrected chi connectivity index (χ1v) is 17.9. The van der Waals surface area contributed by atoms with E-state index < -0.39 is 39.4 Å². The van der Waals surface area contributed by atoms with Gasteiger partial charge in [-0.3, -0.25) is 14.0 Å². The highest BCUT2D eigenvalue weighted by Gasteiger charge is 2.30. The number of nitrogens with one attached hydrogen (secondary N) is 1. The number of ether oxygens (including phenoxy) is 1. The monoisotopic (exact) mass is 751 g/mol. The quantitative estimate of drug-likeness (QED) is 0.178. The molecule has 0 aliphatic heterocycles. The summed E-state index contributed by atoms with van der Waals surface area (Å²) in [5.41, 5.74) is 1.48. The molecule has 17 heteroatoms. The van der Waals surface area contributed by atoms with Crippen molar-refractivity contribution in [2.24, 2.45) is 7.05 Å². The molecule has 1 amide bonds. The van der Waals surface area contributed by atoms with Crippen LogP contribution in [0.5, 0.6) is 5.75 Å². The summed E-state index contributed by atoms with van der Waals surface area (Å²) in [6, 6.07) is 12.9. The second-order valence-corrected chi connectivity index (χ2v) is 14.5. The van der Waals surface area contributed by atoms with E-state index >= 15 is 0 Å². The summed E-state index contributed by atoms with van der Waals surface area (Å²) < 4.78 is 64.1. The molecule has 1 atom stereocenters. The Bertz CT molecular complexity index is 2540. The van der Waals surface area contributed by atoms with Crippen molar-refractivity contribution in [3.8, 4) is 11.4 Å². The van der Waals surface area contributed by atoms with E-state index in [1.807, 2.05) is 0 Å². The lowest BCUT2D eigenvalue weighted by Crippen LogP contribution is -2.35. The topological polar surface area (TPSA) is 162 Å². The van der Waals surface area contributed by atoms with Crippen LogP contribution in [0.15, 0.2) is 65.5 Å². The molecular formula is C35H32ClF2N7O6S. The standard InChI is InChI=1S/C35H32ClF2N7O6S/c1-18-12-19(2)39-31-28(18)34(46)45(32(41-31)26(40-35(47)48)15-21-13-22(37)16-23(38)14-21)27-11-10-25(36)29-30(27)43(3)42-33(29)44(52(5,49)50)17-20-6-8-24(51-4)9-7-20/h6-14,16,26,40H,15,17H2,1-5H3,(H,47,48)/t26-/m0/s1. The Hall–Kier alpha value is -5.61. The molecule has 52 heavy (non-hydrogen) atoms. The van der Waals surface area contributed by atoms with Crippen LogP contribution in [0, 0.1) is 25.5 Å². The number of hydrogen-bond donors (Lipinski definition) is 2. The van der Waals surface area contributed by atoms with Gasteiger partial charge >= 0.3 is 6.09 Å². The molecule has 0 radical (unpaired) electrons. The number of rotatable bonds is 10. The van der Waals surface area contributed by atoms with Crippen molar-refractivity contribution in [3.05, 3.63) is 116 Å². The van der Waals surface area contributed by atoms with Crippen molar-refractivity contribution in [1.29, 1.82) is 0 Å². The van der Waals surface area contributed by atoms with Gasteiger partial charge in [-0.15, -0.1) is 0 Å². The Labute approximate surface area is 301 Å². The van der Waals surface area contributed by atoms with Gasteiger partial charge in [-0.2, -0.15) is 5.10 Å². The molecule has 3 heterocycles. The van der Waals surface area contributed by atoms with Gasteiger partial charge < -0.3 is 15.2 Å². The number of anilines is 1. The lowest BCUT2D eigenvalue weighted by Gasteiger charge is -2.23. The molecule has 6 rings (SSSR count). The lowest BCUT2D eigenvalue weighted by atomic mass is 10.0. The Balaban J connectivity index is 1.65. The van der Waals surface area contributed by atoms with Crippen LogP contribution in [0.25, 0.3) is 27.6 Å². The van der Waals surface area contributed by atoms with E-state index in [0.717, 1.165) is 22.7 Å². The summed E-state index contributed by atoms with van der Waals surface area (Å²) in [5.74, 6) is -1.38. The first kappa shape index (κ1) is 36.2. The number of nitrogens with zero attached hydrogens (tertiary/aromatic N) is 6. The van der Waals surface area contributed by atoms with Crippen LogP contribution in [0.3, 0.4) is 0 Å². The number of aryl methyl sites for hydroxylation is 3. The van der Waals surface area contributed by atoms with Gasteiger partial charge in [0.1, 0.15) is 23.2 Å². The number of sulfonamides is 1. The highest BCUT2D eigenvalue weighted by molar-refractivity contribution is 7.92. The Kier molecular flexibility index (Phi) is 9.63. The molecule has 13 nitrogen and oxygen atoms in total. The molecule has 3 aromatic heterocycles. The molecule has 0 saturated carbocycles. The first-order valence-electron chi connectivity index (χ1n) is 15.7. The van der Waals surface area contributed by atoms with Crippen LogP contribution in [-0.2, 0) is 30.0 Å². The molecule has 0 aliphatic rings. The second kappa shape index (κ2) is 13.8. The minimum absolute atomic E-state index is 0.0232. The van der Waals surface area contributed by atoms with E-state index in [4.69, 9.17) is 21.3 Å². The van der Waals surface area contributed by atoms with Gasteiger partial charge in [0.25, 0.3) is 5.56 Å². The van der Waals surface area contributed by atoms with E-state index in [-0.39, 0.29) is 62.8 Å². The van der Waals surface area contributed by atoms with Gasteiger partial charge in [0, 0.05) is 25.2 Å². The number of benzene rings is 3.